The Labute approximate surface area is 160 Å². The lowest BCUT2D eigenvalue weighted by molar-refractivity contribution is -0.139. The van der Waals surface area contributed by atoms with Gasteiger partial charge in [-0.25, -0.2) is 18.4 Å². The zero-order valence-corrected chi connectivity index (χ0v) is 14.9. The molecule has 29 heavy (non-hydrogen) atoms. The lowest BCUT2D eigenvalue weighted by Gasteiger charge is -2.09. The molecule has 0 saturated heterocycles. The van der Waals surface area contributed by atoms with Crippen LogP contribution < -0.4 is 4.74 Å². The van der Waals surface area contributed by atoms with Crippen LogP contribution in [0.15, 0.2) is 47.4 Å². The minimum atomic E-state index is -5.65. The van der Waals surface area contributed by atoms with Crippen LogP contribution in [-0.4, -0.2) is 24.9 Å². The Morgan fingerprint density at radius 1 is 0.897 bits per heavy atom. The molecule has 154 valence electrons. The van der Waals surface area contributed by atoms with Crippen LogP contribution in [0, 0.1) is 23.3 Å². The number of rotatable bonds is 6. The van der Waals surface area contributed by atoms with E-state index in [1.54, 1.807) is 30.3 Å². The summed E-state index contributed by atoms with van der Waals surface area (Å²) >= 11 is 0. The van der Waals surface area contributed by atoms with Crippen molar-refractivity contribution in [1.29, 1.82) is 0 Å². The summed E-state index contributed by atoms with van der Waals surface area (Å²) in [5, 5.41) is 0. The predicted octanol–water partition coefficient (Wildman–Crippen LogP) is 2.69. The molecule has 0 aromatic heterocycles. The molecule has 0 bridgehead atoms. The maximum Gasteiger partial charge on any atom is 0.336 e. The van der Waals surface area contributed by atoms with Crippen LogP contribution in [0.1, 0.15) is 5.56 Å². The average Bonchev–Trinajstić information content (AvgIpc) is 2.66. The van der Waals surface area contributed by atoms with Crippen molar-refractivity contribution in [3.05, 3.63) is 71.3 Å². The summed E-state index contributed by atoms with van der Waals surface area (Å²) in [5.74, 6) is -14.3. The van der Waals surface area contributed by atoms with E-state index in [2.05, 4.69) is 4.74 Å². The van der Waals surface area contributed by atoms with E-state index in [0.29, 0.717) is 17.7 Å². The lowest BCUT2D eigenvalue weighted by atomic mass is 10.2. The summed E-state index contributed by atoms with van der Waals surface area (Å²) in [4.78, 5) is 20.7. The van der Waals surface area contributed by atoms with Crippen molar-refractivity contribution in [2.45, 2.75) is 11.5 Å². The van der Waals surface area contributed by atoms with Gasteiger partial charge in [-0.3, -0.25) is 4.55 Å². The van der Waals surface area contributed by atoms with Gasteiger partial charge in [-0.1, -0.05) is 30.3 Å². The number of carbonyl (C=O) groups is 2. The Morgan fingerprint density at radius 2 is 1.41 bits per heavy atom. The van der Waals surface area contributed by atoms with Crippen molar-refractivity contribution in [1.82, 2.24) is 0 Å². The van der Waals surface area contributed by atoms with E-state index in [1.165, 1.54) is 0 Å². The van der Waals surface area contributed by atoms with E-state index in [0.717, 1.165) is 0 Å². The summed E-state index contributed by atoms with van der Waals surface area (Å²) in [6, 6.07) is 8.40. The summed E-state index contributed by atoms with van der Waals surface area (Å²) < 4.78 is 93.9. The average molecular weight is 434 g/mol. The van der Waals surface area contributed by atoms with Crippen molar-refractivity contribution < 1.29 is 49.6 Å². The van der Waals surface area contributed by atoms with E-state index in [9.17, 15) is 35.6 Å². The number of ether oxygens (including phenoxy) is 2. The standard InChI is InChI=1S/C17H10F4O7S/c18-12-14(20)17(29(24,25)26)15(21)13(19)16(12)28-11(23)7-6-10(22)27-8-9-4-2-1-3-5-9/h1-7H,8H2,(H,24,25,26)/b7-6-. The Kier molecular flexibility index (Phi) is 6.72. The second kappa shape index (κ2) is 8.84. The Balaban J connectivity index is 2.12. The molecular formula is C17H10F4O7S. The molecular weight excluding hydrogens is 424 g/mol. The van der Waals surface area contributed by atoms with Crippen LogP contribution in [0.25, 0.3) is 0 Å². The minimum Gasteiger partial charge on any atom is -0.458 e. The van der Waals surface area contributed by atoms with Gasteiger partial charge in [0.05, 0.1) is 0 Å². The molecule has 2 aromatic rings. The molecule has 0 fully saturated rings. The highest BCUT2D eigenvalue weighted by Crippen LogP contribution is 2.32. The monoisotopic (exact) mass is 434 g/mol. The van der Waals surface area contributed by atoms with Gasteiger partial charge in [-0.05, 0) is 5.56 Å². The second-order valence-corrected chi connectivity index (χ2v) is 6.60. The van der Waals surface area contributed by atoms with E-state index in [4.69, 9.17) is 9.29 Å². The third-order valence-electron chi connectivity index (χ3n) is 3.22. The van der Waals surface area contributed by atoms with Crippen LogP contribution in [0.4, 0.5) is 17.6 Å². The molecule has 0 aliphatic rings. The maximum atomic E-state index is 13.8. The highest BCUT2D eigenvalue weighted by Gasteiger charge is 2.33. The molecule has 2 rings (SSSR count). The SMILES string of the molecule is O=C(/C=C\C(=O)Oc1c(F)c(F)c(S(=O)(=O)O)c(F)c1F)OCc1ccccc1. The number of halogens is 4. The van der Waals surface area contributed by atoms with Crippen molar-refractivity contribution in [2.24, 2.45) is 0 Å². The fourth-order valence-electron chi connectivity index (χ4n) is 1.95. The number of carbonyl (C=O) groups excluding carboxylic acids is 2. The van der Waals surface area contributed by atoms with Gasteiger partial charge in [-0.2, -0.15) is 17.2 Å². The molecule has 2 aromatic carbocycles. The van der Waals surface area contributed by atoms with Gasteiger partial charge in [0.25, 0.3) is 0 Å². The van der Waals surface area contributed by atoms with E-state index in [-0.39, 0.29) is 6.61 Å². The lowest BCUT2D eigenvalue weighted by Crippen LogP contribution is -2.15. The quantitative estimate of drug-likeness (QED) is 0.186. The fourth-order valence-corrected chi connectivity index (χ4v) is 2.59. The molecule has 12 heteroatoms. The second-order valence-electron chi connectivity index (χ2n) is 5.24. The first-order valence-corrected chi connectivity index (χ1v) is 8.90. The molecule has 0 radical (unpaired) electrons. The van der Waals surface area contributed by atoms with Gasteiger partial charge in [0.15, 0.2) is 16.5 Å². The fraction of sp³-hybridized carbons (Fsp3) is 0.0588. The van der Waals surface area contributed by atoms with Gasteiger partial charge < -0.3 is 9.47 Å². The smallest absolute Gasteiger partial charge is 0.336 e. The molecule has 0 unspecified atom stereocenters. The van der Waals surface area contributed by atoms with E-state index >= 15 is 0 Å². The van der Waals surface area contributed by atoms with E-state index < -0.39 is 56.0 Å². The van der Waals surface area contributed by atoms with Crippen molar-refractivity contribution in [3.63, 3.8) is 0 Å². The number of esters is 2. The summed E-state index contributed by atoms with van der Waals surface area (Å²) in [5.41, 5.74) is 0.630. The Bertz CT molecular complexity index is 1050. The molecule has 7 nitrogen and oxygen atoms in total. The van der Waals surface area contributed by atoms with Gasteiger partial charge in [0.1, 0.15) is 6.61 Å². The first-order chi connectivity index (χ1) is 13.5. The molecule has 0 heterocycles. The molecule has 0 amide bonds. The molecule has 0 aliphatic carbocycles. The Morgan fingerprint density at radius 3 is 1.93 bits per heavy atom. The summed E-state index contributed by atoms with van der Waals surface area (Å²) in [6.07, 6.45) is 0.888. The van der Waals surface area contributed by atoms with E-state index in [1.807, 2.05) is 0 Å². The number of hydrogen-bond acceptors (Lipinski definition) is 6. The zero-order valence-electron chi connectivity index (χ0n) is 14.1. The van der Waals surface area contributed by atoms with Gasteiger partial charge in [0, 0.05) is 12.2 Å². The highest BCUT2D eigenvalue weighted by molar-refractivity contribution is 7.85. The van der Waals surface area contributed by atoms with Crippen LogP contribution in [0.2, 0.25) is 0 Å². The molecule has 0 atom stereocenters. The third kappa shape index (κ3) is 5.39. The van der Waals surface area contributed by atoms with Gasteiger partial charge in [-0.15, -0.1) is 0 Å². The van der Waals surface area contributed by atoms with Gasteiger partial charge >= 0.3 is 22.1 Å². The first-order valence-electron chi connectivity index (χ1n) is 7.46. The van der Waals surface area contributed by atoms with Crippen molar-refractivity contribution >= 4 is 22.1 Å². The Hall–Kier alpha value is -3.25. The molecule has 0 aliphatic heterocycles. The number of benzene rings is 2. The van der Waals surface area contributed by atoms with Crippen molar-refractivity contribution in [2.75, 3.05) is 0 Å². The first kappa shape index (κ1) is 22.0. The van der Waals surface area contributed by atoms with Crippen LogP contribution in [0.5, 0.6) is 5.75 Å². The summed E-state index contributed by atoms with van der Waals surface area (Å²) in [6.45, 7) is -0.143. The summed E-state index contributed by atoms with van der Waals surface area (Å²) in [7, 11) is -5.65. The van der Waals surface area contributed by atoms with Crippen LogP contribution in [-0.2, 0) is 31.1 Å². The third-order valence-corrected chi connectivity index (χ3v) is 4.10. The number of hydrogen-bond donors (Lipinski definition) is 1. The predicted molar refractivity (Wildman–Crippen MR) is 87.1 cm³/mol. The highest BCUT2D eigenvalue weighted by atomic mass is 32.2. The maximum absolute atomic E-state index is 13.8. The molecule has 0 spiro atoms. The zero-order chi connectivity index (χ0) is 21.8. The molecule has 0 saturated carbocycles. The van der Waals surface area contributed by atoms with Crippen LogP contribution in [0.3, 0.4) is 0 Å². The van der Waals surface area contributed by atoms with Crippen LogP contribution >= 0.6 is 0 Å². The topological polar surface area (TPSA) is 107 Å². The normalized spacial score (nSPS) is 11.5. The minimum absolute atomic E-state index is 0.143. The largest absolute Gasteiger partial charge is 0.458 e. The molecule has 1 N–H and O–H groups in total. The van der Waals surface area contributed by atoms with Crippen molar-refractivity contribution in [3.8, 4) is 5.75 Å². The van der Waals surface area contributed by atoms with Gasteiger partial charge in [0.2, 0.25) is 17.4 Å².